The van der Waals surface area contributed by atoms with Gasteiger partial charge in [-0.1, -0.05) is 31.4 Å². The van der Waals surface area contributed by atoms with Crippen LogP contribution in [0.5, 0.6) is 0 Å². The summed E-state index contributed by atoms with van der Waals surface area (Å²) in [6.07, 6.45) is 7.34. The molecule has 0 nitrogen and oxygen atoms in total. The molecule has 0 aromatic heterocycles. The van der Waals surface area contributed by atoms with E-state index < -0.39 is 0 Å². The van der Waals surface area contributed by atoms with Crippen LogP contribution in [0.4, 0.5) is 4.39 Å². The minimum Gasteiger partial charge on any atom is -0.207 e. The van der Waals surface area contributed by atoms with Crippen LogP contribution in [0.15, 0.2) is 24.3 Å². The molecule has 0 spiro atoms. The SMILES string of the molecule is Fc1ccc(CC2(CCl)CCCCC2)cc1. The van der Waals surface area contributed by atoms with E-state index in [2.05, 4.69) is 0 Å². The molecule has 0 heterocycles. The maximum atomic E-state index is 12.8. The van der Waals surface area contributed by atoms with E-state index in [1.165, 1.54) is 37.7 Å². The van der Waals surface area contributed by atoms with E-state index in [0.29, 0.717) is 0 Å². The van der Waals surface area contributed by atoms with Crippen LogP contribution < -0.4 is 0 Å². The van der Waals surface area contributed by atoms with Crippen LogP contribution in [0.1, 0.15) is 37.7 Å². The Labute approximate surface area is 102 Å². The molecule has 0 aliphatic heterocycles. The average Bonchev–Trinajstić information content (AvgIpc) is 2.33. The van der Waals surface area contributed by atoms with Crippen molar-refractivity contribution in [3.05, 3.63) is 35.6 Å². The van der Waals surface area contributed by atoms with Gasteiger partial charge in [0.1, 0.15) is 5.82 Å². The van der Waals surface area contributed by atoms with Gasteiger partial charge in [0.2, 0.25) is 0 Å². The van der Waals surface area contributed by atoms with Gasteiger partial charge in [0.25, 0.3) is 0 Å². The molecule has 0 atom stereocenters. The molecule has 1 fully saturated rings. The second-order valence-corrected chi connectivity index (χ2v) is 5.26. The molecular weight excluding hydrogens is 223 g/mol. The quantitative estimate of drug-likeness (QED) is 0.680. The lowest BCUT2D eigenvalue weighted by Gasteiger charge is -2.35. The zero-order valence-corrected chi connectivity index (χ0v) is 10.3. The molecule has 16 heavy (non-hydrogen) atoms. The Bertz CT molecular complexity index is 325. The summed E-state index contributed by atoms with van der Waals surface area (Å²) in [5.74, 6) is 0.567. The zero-order chi connectivity index (χ0) is 11.4. The minimum atomic E-state index is -0.160. The molecule has 0 radical (unpaired) electrons. The molecule has 1 aromatic rings. The molecule has 1 saturated carbocycles. The molecule has 0 amide bonds. The zero-order valence-electron chi connectivity index (χ0n) is 9.52. The summed E-state index contributed by atoms with van der Waals surface area (Å²) in [5, 5.41) is 0. The van der Waals surface area contributed by atoms with Crippen molar-refractivity contribution in [1.82, 2.24) is 0 Å². The summed E-state index contributed by atoms with van der Waals surface area (Å²) >= 11 is 6.14. The van der Waals surface area contributed by atoms with Gasteiger partial charge in [-0.3, -0.25) is 0 Å². The van der Waals surface area contributed by atoms with Gasteiger partial charge in [-0.05, 0) is 42.4 Å². The predicted molar refractivity (Wildman–Crippen MR) is 66.3 cm³/mol. The number of benzene rings is 1. The van der Waals surface area contributed by atoms with Gasteiger partial charge in [-0.15, -0.1) is 11.6 Å². The lowest BCUT2D eigenvalue weighted by Crippen LogP contribution is -2.28. The van der Waals surface area contributed by atoms with E-state index in [0.717, 1.165) is 12.3 Å². The van der Waals surface area contributed by atoms with Gasteiger partial charge in [0.15, 0.2) is 0 Å². The summed E-state index contributed by atoms with van der Waals surface area (Å²) in [6.45, 7) is 0. The fraction of sp³-hybridized carbons (Fsp3) is 0.571. The molecule has 2 heteroatoms. The maximum absolute atomic E-state index is 12.8. The van der Waals surface area contributed by atoms with Gasteiger partial charge < -0.3 is 0 Å². The summed E-state index contributed by atoms with van der Waals surface area (Å²) in [7, 11) is 0. The van der Waals surface area contributed by atoms with E-state index >= 15 is 0 Å². The predicted octanol–water partition coefficient (Wildman–Crippen LogP) is 4.56. The number of halogens is 2. The highest BCUT2D eigenvalue weighted by molar-refractivity contribution is 6.18. The summed E-state index contributed by atoms with van der Waals surface area (Å²) in [4.78, 5) is 0. The van der Waals surface area contributed by atoms with Crippen molar-refractivity contribution in [2.75, 3.05) is 5.88 Å². The van der Waals surface area contributed by atoms with Crippen molar-refractivity contribution in [1.29, 1.82) is 0 Å². The van der Waals surface area contributed by atoms with Crippen LogP contribution in [0, 0.1) is 11.2 Å². The van der Waals surface area contributed by atoms with Crippen molar-refractivity contribution in [3.63, 3.8) is 0 Å². The number of alkyl halides is 1. The fourth-order valence-electron chi connectivity index (χ4n) is 2.69. The molecule has 0 saturated heterocycles. The topological polar surface area (TPSA) is 0 Å². The molecule has 1 aromatic carbocycles. The lowest BCUT2D eigenvalue weighted by molar-refractivity contribution is 0.219. The Balaban J connectivity index is 2.08. The molecule has 0 bridgehead atoms. The highest BCUT2D eigenvalue weighted by atomic mass is 35.5. The highest BCUT2D eigenvalue weighted by Crippen LogP contribution is 2.40. The highest BCUT2D eigenvalue weighted by Gasteiger charge is 2.31. The van der Waals surface area contributed by atoms with Crippen LogP contribution in [0.2, 0.25) is 0 Å². The van der Waals surface area contributed by atoms with Crippen molar-refractivity contribution in [2.24, 2.45) is 5.41 Å². The Kier molecular flexibility index (Phi) is 3.86. The first-order chi connectivity index (χ1) is 7.74. The largest absolute Gasteiger partial charge is 0.207 e. The average molecular weight is 241 g/mol. The van der Waals surface area contributed by atoms with E-state index in [1.54, 1.807) is 12.1 Å². The second kappa shape index (κ2) is 5.18. The third kappa shape index (κ3) is 2.76. The van der Waals surface area contributed by atoms with Crippen molar-refractivity contribution < 1.29 is 4.39 Å². The van der Waals surface area contributed by atoms with Gasteiger partial charge >= 0.3 is 0 Å². The van der Waals surface area contributed by atoms with Crippen molar-refractivity contribution in [3.8, 4) is 0 Å². The first-order valence-electron chi connectivity index (χ1n) is 6.05. The van der Waals surface area contributed by atoms with Crippen LogP contribution in [-0.4, -0.2) is 5.88 Å². The standard InChI is InChI=1S/C14H18ClF/c15-11-14(8-2-1-3-9-14)10-12-4-6-13(16)7-5-12/h4-7H,1-3,8-11H2. The molecular formula is C14H18ClF. The van der Waals surface area contributed by atoms with Crippen LogP contribution in [-0.2, 0) is 6.42 Å². The maximum Gasteiger partial charge on any atom is 0.123 e. The van der Waals surface area contributed by atoms with Gasteiger partial charge in [-0.2, -0.15) is 0 Å². The third-order valence-corrected chi connectivity index (χ3v) is 4.26. The smallest absolute Gasteiger partial charge is 0.123 e. The fourth-order valence-corrected chi connectivity index (χ4v) is 3.06. The molecule has 0 N–H and O–H groups in total. The van der Waals surface area contributed by atoms with Gasteiger partial charge in [-0.25, -0.2) is 4.39 Å². The Morgan fingerprint density at radius 1 is 1.06 bits per heavy atom. The van der Waals surface area contributed by atoms with E-state index in [9.17, 15) is 4.39 Å². The Morgan fingerprint density at radius 3 is 2.25 bits per heavy atom. The minimum absolute atomic E-state index is 0.160. The van der Waals surface area contributed by atoms with Gasteiger partial charge in [0, 0.05) is 5.88 Å². The third-order valence-electron chi connectivity index (χ3n) is 3.69. The monoisotopic (exact) mass is 240 g/mol. The molecule has 1 aliphatic rings. The normalized spacial score (nSPS) is 19.6. The van der Waals surface area contributed by atoms with Gasteiger partial charge in [0.05, 0.1) is 0 Å². The number of rotatable bonds is 3. The second-order valence-electron chi connectivity index (χ2n) is 5.00. The first-order valence-corrected chi connectivity index (χ1v) is 6.58. The van der Waals surface area contributed by atoms with Crippen molar-refractivity contribution >= 4 is 11.6 Å². The summed E-state index contributed by atoms with van der Waals surface area (Å²) < 4.78 is 12.8. The first kappa shape index (κ1) is 11.9. The van der Waals surface area contributed by atoms with Crippen molar-refractivity contribution in [2.45, 2.75) is 38.5 Å². The lowest BCUT2D eigenvalue weighted by atomic mass is 9.72. The van der Waals surface area contributed by atoms with Crippen LogP contribution in [0.25, 0.3) is 0 Å². The number of hydrogen-bond donors (Lipinski definition) is 0. The van der Waals surface area contributed by atoms with Crippen LogP contribution >= 0.6 is 11.6 Å². The van der Waals surface area contributed by atoms with E-state index in [4.69, 9.17) is 11.6 Å². The molecule has 2 rings (SSSR count). The van der Waals surface area contributed by atoms with Crippen LogP contribution in [0.3, 0.4) is 0 Å². The molecule has 1 aliphatic carbocycles. The van der Waals surface area contributed by atoms with E-state index in [-0.39, 0.29) is 11.2 Å². The summed E-state index contributed by atoms with van der Waals surface area (Å²) in [6, 6.07) is 6.86. The Morgan fingerprint density at radius 2 is 1.69 bits per heavy atom. The summed E-state index contributed by atoms with van der Waals surface area (Å²) in [5.41, 5.74) is 1.47. The number of hydrogen-bond acceptors (Lipinski definition) is 0. The molecule has 0 unspecified atom stereocenters. The Hall–Kier alpha value is -0.560. The van der Waals surface area contributed by atoms with E-state index in [1.807, 2.05) is 12.1 Å². The molecule has 88 valence electrons.